The number of benzene rings is 2. The van der Waals surface area contributed by atoms with E-state index in [4.69, 9.17) is 9.47 Å². The first kappa shape index (κ1) is 31.8. The van der Waals surface area contributed by atoms with Gasteiger partial charge >= 0.3 is 5.97 Å². The van der Waals surface area contributed by atoms with Gasteiger partial charge in [-0.05, 0) is 120 Å². The van der Waals surface area contributed by atoms with E-state index in [0.29, 0.717) is 24.6 Å². The fourth-order valence-electron chi connectivity index (χ4n) is 6.92. The quantitative estimate of drug-likeness (QED) is 0.203. The second-order valence-corrected chi connectivity index (χ2v) is 13.5. The molecule has 0 atom stereocenters. The summed E-state index contributed by atoms with van der Waals surface area (Å²) < 4.78 is 13.8. The van der Waals surface area contributed by atoms with E-state index in [2.05, 4.69) is 35.0 Å². The van der Waals surface area contributed by atoms with Crippen molar-refractivity contribution in [2.24, 2.45) is 0 Å². The molecular formula is C37H49N3O4. The van der Waals surface area contributed by atoms with Crippen molar-refractivity contribution in [2.45, 2.75) is 90.7 Å². The van der Waals surface area contributed by atoms with Gasteiger partial charge in [0.2, 0.25) is 0 Å². The SMILES string of the molecule is CNCCCCN(C)C(=O)C1=C(C)c2cc(OC)ccc2-c2c(C3CCCCC3)c3ccc(C(=O)OC(C)(C)C)cc3n2C1. The molecule has 1 amide bonds. The highest BCUT2D eigenvalue weighted by Crippen LogP contribution is 2.48. The average molecular weight is 600 g/mol. The van der Waals surface area contributed by atoms with Crippen molar-refractivity contribution in [3.8, 4) is 17.0 Å². The normalized spacial score (nSPS) is 15.5. The minimum absolute atomic E-state index is 0.0398. The van der Waals surface area contributed by atoms with E-state index in [0.717, 1.165) is 76.8 Å². The topological polar surface area (TPSA) is 72.8 Å². The highest BCUT2D eigenvalue weighted by molar-refractivity contribution is 6.06. The predicted molar refractivity (Wildman–Crippen MR) is 178 cm³/mol. The van der Waals surface area contributed by atoms with E-state index in [-0.39, 0.29) is 11.9 Å². The first-order valence-electron chi connectivity index (χ1n) is 16.2. The molecule has 0 radical (unpaired) electrons. The molecule has 236 valence electrons. The van der Waals surface area contributed by atoms with Gasteiger partial charge in [-0.25, -0.2) is 4.79 Å². The predicted octanol–water partition coefficient (Wildman–Crippen LogP) is 7.57. The summed E-state index contributed by atoms with van der Waals surface area (Å²) in [6.45, 7) is 9.79. The molecule has 5 rings (SSSR count). The van der Waals surface area contributed by atoms with Gasteiger partial charge in [-0.3, -0.25) is 4.79 Å². The third-order valence-electron chi connectivity index (χ3n) is 9.18. The Bertz CT molecular complexity index is 1570. The minimum atomic E-state index is -0.593. The second kappa shape index (κ2) is 13.2. The van der Waals surface area contributed by atoms with E-state index in [9.17, 15) is 9.59 Å². The molecule has 44 heavy (non-hydrogen) atoms. The van der Waals surface area contributed by atoms with Gasteiger partial charge in [0, 0.05) is 35.6 Å². The molecule has 1 aliphatic heterocycles. The molecule has 0 unspecified atom stereocenters. The van der Waals surface area contributed by atoms with Gasteiger partial charge in [0.25, 0.3) is 5.91 Å². The number of hydrogen-bond donors (Lipinski definition) is 1. The van der Waals surface area contributed by atoms with Crippen molar-refractivity contribution in [1.29, 1.82) is 0 Å². The van der Waals surface area contributed by atoms with E-state index in [1.807, 2.05) is 58.0 Å². The van der Waals surface area contributed by atoms with Crippen LogP contribution in [0.4, 0.5) is 0 Å². The number of carbonyl (C=O) groups excluding carboxylic acids is 2. The molecule has 0 saturated heterocycles. The Kier molecular flexibility index (Phi) is 9.54. The van der Waals surface area contributed by atoms with Crippen molar-refractivity contribution in [2.75, 3.05) is 34.3 Å². The van der Waals surface area contributed by atoms with Crippen LogP contribution in [0, 0.1) is 0 Å². The number of nitrogens with zero attached hydrogens (tertiary/aromatic N) is 2. The number of methoxy groups -OCH3 is 1. The molecule has 1 fully saturated rings. The molecule has 2 aliphatic rings. The molecule has 1 saturated carbocycles. The van der Waals surface area contributed by atoms with Crippen molar-refractivity contribution in [1.82, 2.24) is 14.8 Å². The zero-order chi connectivity index (χ0) is 31.6. The number of likely N-dealkylation sites (N-methyl/N-ethyl adjacent to an activating group) is 1. The van der Waals surface area contributed by atoms with Gasteiger partial charge in [0.05, 0.1) is 24.9 Å². The van der Waals surface area contributed by atoms with Crippen LogP contribution in [0.1, 0.15) is 100 Å². The Hall–Kier alpha value is -3.58. The van der Waals surface area contributed by atoms with E-state index < -0.39 is 5.60 Å². The number of unbranched alkanes of at least 4 members (excludes halogenated alkanes) is 1. The molecule has 3 aromatic rings. The number of esters is 1. The van der Waals surface area contributed by atoms with Gasteiger partial charge in [0.1, 0.15) is 11.4 Å². The lowest BCUT2D eigenvalue weighted by Gasteiger charge is -2.24. The van der Waals surface area contributed by atoms with Crippen molar-refractivity contribution < 1.29 is 19.1 Å². The zero-order valence-corrected chi connectivity index (χ0v) is 27.6. The van der Waals surface area contributed by atoms with Gasteiger partial charge < -0.3 is 24.3 Å². The lowest BCUT2D eigenvalue weighted by atomic mass is 9.81. The summed E-state index contributed by atoms with van der Waals surface area (Å²) in [7, 11) is 5.54. The first-order chi connectivity index (χ1) is 21.0. The summed E-state index contributed by atoms with van der Waals surface area (Å²) in [5, 5.41) is 4.35. The molecule has 2 heterocycles. The first-order valence-corrected chi connectivity index (χ1v) is 16.2. The highest BCUT2D eigenvalue weighted by Gasteiger charge is 2.33. The Morgan fingerprint density at radius 2 is 1.77 bits per heavy atom. The number of fused-ring (bicyclic) bond motifs is 5. The zero-order valence-electron chi connectivity index (χ0n) is 27.6. The molecular weight excluding hydrogens is 550 g/mol. The Balaban J connectivity index is 1.72. The third-order valence-corrected chi connectivity index (χ3v) is 9.18. The van der Waals surface area contributed by atoms with Crippen LogP contribution < -0.4 is 10.1 Å². The monoisotopic (exact) mass is 599 g/mol. The molecule has 7 heteroatoms. The van der Waals surface area contributed by atoms with E-state index in [1.54, 1.807) is 7.11 Å². The summed E-state index contributed by atoms with van der Waals surface area (Å²) in [6, 6.07) is 12.2. The molecule has 7 nitrogen and oxygen atoms in total. The number of ether oxygens (including phenoxy) is 2. The van der Waals surface area contributed by atoms with Gasteiger partial charge in [-0.1, -0.05) is 25.3 Å². The summed E-state index contributed by atoms with van der Waals surface area (Å²) in [5.74, 6) is 0.888. The lowest BCUT2D eigenvalue weighted by Crippen LogP contribution is -2.31. The molecule has 0 bridgehead atoms. The van der Waals surface area contributed by atoms with Crippen LogP contribution in [-0.2, 0) is 16.1 Å². The Morgan fingerprint density at radius 1 is 1.02 bits per heavy atom. The molecule has 1 N–H and O–H groups in total. The summed E-state index contributed by atoms with van der Waals surface area (Å²) in [4.78, 5) is 29.3. The number of carbonyl (C=O) groups is 2. The highest BCUT2D eigenvalue weighted by atomic mass is 16.6. The van der Waals surface area contributed by atoms with Crippen LogP contribution >= 0.6 is 0 Å². The Morgan fingerprint density at radius 3 is 2.45 bits per heavy atom. The van der Waals surface area contributed by atoms with Gasteiger partial charge in [-0.15, -0.1) is 0 Å². The van der Waals surface area contributed by atoms with Crippen molar-refractivity contribution >= 4 is 28.4 Å². The number of hydrogen-bond acceptors (Lipinski definition) is 5. The average Bonchev–Trinajstić information content (AvgIpc) is 3.26. The Labute approximate surface area is 262 Å². The molecule has 1 aromatic heterocycles. The number of amides is 1. The lowest BCUT2D eigenvalue weighted by molar-refractivity contribution is -0.126. The van der Waals surface area contributed by atoms with Gasteiger partial charge in [-0.2, -0.15) is 0 Å². The maximum atomic E-state index is 14.2. The van der Waals surface area contributed by atoms with E-state index in [1.165, 1.54) is 24.8 Å². The number of aromatic nitrogens is 1. The maximum absolute atomic E-state index is 14.2. The fraction of sp³-hybridized carbons (Fsp3) is 0.514. The number of allylic oxidation sites excluding steroid dienone is 1. The van der Waals surface area contributed by atoms with Crippen LogP contribution in [0.2, 0.25) is 0 Å². The summed E-state index contributed by atoms with van der Waals surface area (Å²) in [5.41, 5.74) is 7.28. The smallest absolute Gasteiger partial charge is 0.338 e. The van der Waals surface area contributed by atoms with Gasteiger partial charge in [0.15, 0.2) is 0 Å². The summed E-state index contributed by atoms with van der Waals surface area (Å²) in [6.07, 6.45) is 7.90. The van der Waals surface area contributed by atoms with Crippen LogP contribution in [0.15, 0.2) is 42.0 Å². The largest absolute Gasteiger partial charge is 0.497 e. The maximum Gasteiger partial charge on any atom is 0.338 e. The van der Waals surface area contributed by atoms with Crippen LogP contribution in [0.25, 0.3) is 27.7 Å². The van der Waals surface area contributed by atoms with Crippen molar-refractivity contribution in [3.63, 3.8) is 0 Å². The second-order valence-electron chi connectivity index (χ2n) is 13.5. The molecule has 1 aliphatic carbocycles. The minimum Gasteiger partial charge on any atom is -0.497 e. The summed E-state index contributed by atoms with van der Waals surface area (Å²) >= 11 is 0. The van der Waals surface area contributed by atoms with Crippen LogP contribution in [0.5, 0.6) is 5.75 Å². The number of rotatable bonds is 9. The van der Waals surface area contributed by atoms with E-state index >= 15 is 0 Å². The van der Waals surface area contributed by atoms with Crippen LogP contribution in [-0.4, -0.2) is 61.2 Å². The van der Waals surface area contributed by atoms with Crippen molar-refractivity contribution in [3.05, 3.63) is 58.7 Å². The fourth-order valence-corrected chi connectivity index (χ4v) is 6.92. The molecule has 2 aromatic carbocycles. The van der Waals surface area contributed by atoms with Crippen LogP contribution in [0.3, 0.4) is 0 Å². The molecule has 0 spiro atoms. The number of nitrogens with one attached hydrogen (secondary N) is 1. The third kappa shape index (κ3) is 6.44. The standard InChI is InChI=1S/C37H49N3O4/c1-24-30-22-27(43-7)16-18-28(30)34-33(25-13-9-8-10-14-25)29-17-15-26(36(42)44-37(2,3)4)21-32(29)40(34)23-31(24)35(41)39(6)20-12-11-19-38-5/h15-18,21-22,25,38H,8-14,19-20,23H2,1-7H3.